The highest BCUT2D eigenvalue weighted by atomic mass is 16.5. The SMILES string of the molecule is OCC#Cc1cnoc1. The van der Waals surface area contributed by atoms with Crippen molar-refractivity contribution in [1.82, 2.24) is 5.16 Å². The Balaban J connectivity index is 2.67. The van der Waals surface area contributed by atoms with Crippen LogP contribution in [0.1, 0.15) is 5.56 Å². The fraction of sp³-hybridized carbons (Fsp3) is 0.167. The van der Waals surface area contributed by atoms with E-state index in [1.54, 1.807) is 0 Å². The van der Waals surface area contributed by atoms with E-state index in [1.165, 1.54) is 12.5 Å². The Labute approximate surface area is 52.3 Å². The van der Waals surface area contributed by atoms with Crippen molar-refractivity contribution in [3.8, 4) is 11.8 Å². The quantitative estimate of drug-likeness (QED) is 0.494. The number of aliphatic hydroxyl groups is 1. The number of rotatable bonds is 0. The summed E-state index contributed by atoms with van der Waals surface area (Å²) in [6, 6.07) is 0. The summed E-state index contributed by atoms with van der Waals surface area (Å²) >= 11 is 0. The molecule has 0 unspecified atom stereocenters. The first kappa shape index (κ1) is 5.86. The molecule has 1 aromatic rings. The van der Waals surface area contributed by atoms with Crippen LogP contribution < -0.4 is 0 Å². The highest BCUT2D eigenvalue weighted by Crippen LogP contribution is 1.90. The standard InChI is InChI=1S/C6H5NO2/c8-3-1-2-6-4-7-9-5-6/h4-5,8H,3H2. The van der Waals surface area contributed by atoms with Gasteiger partial charge in [0.05, 0.1) is 11.8 Å². The minimum absolute atomic E-state index is 0.134. The molecule has 0 spiro atoms. The Morgan fingerprint density at radius 3 is 3.22 bits per heavy atom. The fourth-order valence-corrected chi connectivity index (χ4v) is 0.408. The van der Waals surface area contributed by atoms with Gasteiger partial charge in [0, 0.05) is 0 Å². The molecule has 1 N–H and O–H groups in total. The number of aromatic nitrogens is 1. The zero-order valence-electron chi connectivity index (χ0n) is 4.66. The van der Waals surface area contributed by atoms with Crippen LogP contribution in [-0.4, -0.2) is 16.9 Å². The lowest BCUT2D eigenvalue weighted by molar-refractivity contribution is 0.350. The number of hydrogen-bond donors (Lipinski definition) is 1. The van der Waals surface area contributed by atoms with Crippen LogP contribution in [0, 0.1) is 11.8 Å². The molecule has 3 nitrogen and oxygen atoms in total. The zero-order chi connectivity index (χ0) is 6.53. The van der Waals surface area contributed by atoms with E-state index in [1.807, 2.05) is 0 Å². The lowest BCUT2D eigenvalue weighted by Gasteiger charge is -1.69. The van der Waals surface area contributed by atoms with E-state index >= 15 is 0 Å². The Morgan fingerprint density at radius 1 is 1.78 bits per heavy atom. The van der Waals surface area contributed by atoms with Crippen molar-refractivity contribution in [3.05, 3.63) is 18.0 Å². The van der Waals surface area contributed by atoms with Crippen molar-refractivity contribution in [3.63, 3.8) is 0 Å². The molecule has 1 aromatic heterocycles. The van der Waals surface area contributed by atoms with Gasteiger partial charge in [0.15, 0.2) is 0 Å². The normalized spacial score (nSPS) is 8.11. The highest BCUT2D eigenvalue weighted by Gasteiger charge is 1.84. The summed E-state index contributed by atoms with van der Waals surface area (Å²) in [5.74, 6) is 5.07. The predicted octanol–water partition coefficient (Wildman–Crippen LogP) is 0.0184. The third-order valence-corrected chi connectivity index (χ3v) is 0.744. The molecule has 0 bridgehead atoms. The molecule has 1 heterocycles. The molecule has 0 aliphatic rings. The smallest absolute Gasteiger partial charge is 0.139 e. The summed E-state index contributed by atoms with van der Waals surface area (Å²) in [4.78, 5) is 0. The Bertz CT molecular complexity index is 217. The van der Waals surface area contributed by atoms with Crippen LogP contribution in [-0.2, 0) is 0 Å². The van der Waals surface area contributed by atoms with Crippen LogP contribution in [0.4, 0.5) is 0 Å². The molecule has 9 heavy (non-hydrogen) atoms. The molecule has 0 saturated heterocycles. The van der Waals surface area contributed by atoms with E-state index in [0.717, 1.165) is 0 Å². The van der Waals surface area contributed by atoms with Crippen molar-refractivity contribution in [2.45, 2.75) is 0 Å². The summed E-state index contributed by atoms with van der Waals surface area (Å²) in [5.41, 5.74) is 0.684. The minimum atomic E-state index is -0.134. The second kappa shape index (κ2) is 2.90. The van der Waals surface area contributed by atoms with Crippen LogP contribution in [0.5, 0.6) is 0 Å². The molecule has 3 heteroatoms. The maximum atomic E-state index is 8.24. The summed E-state index contributed by atoms with van der Waals surface area (Å²) in [5, 5.41) is 11.7. The van der Waals surface area contributed by atoms with Gasteiger partial charge in [-0.1, -0.05) is 17.0 Å². The molecule has 0 aromatic carbocycles. The average Bonchev–Trinajstić information content (AvgIpc) is 2.34. The molecule has 0 amide bonds. The van der Waals surface area contributed by atoms with Gasteiger partial charge in [0.1, 0.15) is 12.9 Å². The van der Waals surface area contributed by atoms with Gasteiger partial charge in [-0.3, -0.25) is 0 Å². The molecule has 0 aliphatic heterocycles. The largest absolute Gasteiger partial charge is 0.384 e. The lowest BCUT2D eigenvalue weighted by atomic mass is 10.4. The van der Waals surface area contributed by atoms with Crippen LogP contribution in [0.25, 0.3) is 0 Å². The van der Waals surface area contributed by atoms with Crippen molar-refractivity contribution >= 4 is 0 Å². The first-order valence-corrected chi connectivity index (χ1v) is 2.42. The maximum Gasteiger partial charge on any atom is 0.139 e. The maximum absolute atomic E-state index is 8.24. The van der Waals surface area contributed by atoms with Gasteiger partial charge in [0.25, 0.3) is 0 Å². The first-order chi connectivity index (χ1) is 4.43. The van der Waals surface area contributed by atoms with Crippen LogP contribution in [0.15, 0.2) is 17.0 Å². The first-order valence-electron chi connectivity index (χ1n) is 2.42. The van der Waals surface area contributed by atoms with E-state index in [2.05, 4.69) is 21.5 Å². The van der Waals surface area contributed by atoms with Crippen molar-refractivity contribution < 1.29 is 9.63 Å². The van der Waals surface area contributed by atoms with E-state index in [0.29, 0.717) is 5.56 Å². The lowest BCUT2D eigenvalue weighted by Crippen LogP contribution is -1.71. The van der Waals surface area contributed by atoms with Crippen LogP contribution in [0.3, 0.4) is 0 Å². The molecule has 1 rings (SSSR count). The van der Waals surface area contributed by atoms with Crippen LogP contribution >= 0.6 is 0 Å². The third-order valence-electron chi connectivity index (χ3n) is 0.744. The zero-order valence-corrected chi connectivity index (χ0v) is 4.66. The topological polar surface area (TPSA) is 46.3 Å². The molecular formula is C6H5NO2. The second-order valence-electron chi connectivity index (χ2n) is 1.37. The second-order valence-corrected chi connectivity index (χ2v) is 1.37. The number of hydrogen-bond acceptors (Lipinski definition) is 3. The Hall–Kier alpha value is -1.27. The van der Waals surface area contributed by atoms with E-state index in [-0.39, 0.29) is 6.61 Å². The monoisotopic (exact) mass is 123 g/mol. The molecule has 0 radical (unpaired) electrons. The molecule has 0 aliphatic carbocycles. The minimum Gasteiger partial charge on any atom is -0.384 e. The van der Waals surface area contributed by atoms with Gasteiger partial charge in [-0.2, -0.15) is 0 Å². The van der Waals surface area contributed by atoms with Gasteiger partial charge in [-0.15, -0.1) is 0 Å². The van der Waals surface area contributed by atoms with Crippen molar-refractivity contribution in [2.24, 2.45) is 0 Å². The van der Waals surface area contributed by atoms with E-state index in [9.17, 15) is 0 Å². The van der Waals surface area contributed by atoms with E-state index in [4.69, 9.17) is 5.11 Å². The summed E-state index contributed by atoms with van der Waals surface area (Å²) in [7, 11) is 0. The van der Waals surface area contributed by atoms with Gasteiger partial charge >= 0.3 is 0 Å². The van der Waals surface area contributed by atoms with Gasteiger partial charge < -0.3 is 9.63 Å². The van der Waals surface area contributed by atoms with Gasteiger partial charge in [-0.05, 0) is 0 Å². The Kier molecular flexibility index (Phi) is 1.89. The predicted molar refractivity (Wildman–Crippen MR) is 30.5 cm³/mol. The third kappa shape index (κ3) is 1.59. The number of nitrogens with zero attached hydrogens (tertiary/aromatic N) is 1. The fourth-order valence-electron chi connectivity index (χ4n) is 0.408. The van der Waals surface area contributed by atoms with Gasteiger partial charge in [-0.25, -0.2) is 0 Å². The summed E-state index contributed by atoms with van der Waals surface area (Å²) < 4.78 is 4.48. The van der Waals surface area contributed by atoms with Crippen molar-refractivity contribution in [1.29, 1.82) is 0 Å². The number of aliphatic hydroxyl groups excluding tert-OH is 1. The molecule has 0 fully saturated rings. The Morgan fingerprint density at radius 2 is 2.67 bits per heavy atom. The molecular weight excluding hydrogens is 118 g/mol. The van der Waals surface area contributed by atoms with Gasteiger partial charge in [0.2, 0.25) is 0 Å². The average molecular weight is 123 g/mol. The molecule has 0 saturated carbocycles. The van der Waals surface area contributed by atoms with Crippen LogP contribution in [0.2, 0.25) is 0 Å². The summed E-state index contributed by atoms with van der Waals surface area (Å²) in [6.07, 6.45) is 2.91. The highest BCUT2D eigenvalue weighted by molar-refractivity contribution is 5.27. The molecule has 0 atom stereocenters. The van der Waals surface area contributed by atoms with E-state index < -0.39 is 0 Å². The van der Waals surface area contributed by atoms with Crippen molar-refractivity contribution in [2.75, 3.05) is 6.61 Å². The summed E-state index contributed by atoms with van der Waals surface area (Å²) in [6.45, 7) is -0.134. The molecule has 46 valence electrons.